The van der Waals surface area contributed by atoms with E-state index in [0.717, 1.165) is 5.56 Å². The summed E-state index contributed by atoms with van der Waals surface area (Å²) >= 11 is 1.65. The van der Waals surface area contributed by atoms with Gasteiger partial charge in [0.2, 0.25) is 0 Å². The number of hydrogen-bond acceptors (Lipinski definition) is 4. The molecule has 2 aromatic rings. The van der Waals surface area contributed by atoms with Gasteiger partial charge in [-0.05, 0) is 29.1 Å². The highest BCUT2D eigenvalue weighted by molar-refractivity contribution is 7.09. The first-order valence-corrected chi connectivity index (χ1v) is 5.97. The molecule has 17 heavy (non-hydrogen) atoms. The minimum Gasteiger partial charge on any atom is -0.371 e. The molecule has 0 unspecified atom stereocenters. The van der Waals surface area contributed by atoms with Crippen LogP contribution in [-0.2, 0) is 18.0 Å². The van der Waals surface area contributed by atoms with Crippen LogP contribution in [-0.4, -0.2) is 4.92 Å². The van der Waals surface area contributed by atoms with Crippen molar-refractivity contribution in [2.45, 2.75) is 13.2 Å². The van der Waals surface area contributed by atoms with Crippen molar-refractivity contribution in [3.63, 3.8) is 0 Å². The lowest BCUT2D eigenvalue weighted by Crippen LogP contribution is -1.93. The molecule has 5 heteroatoms. The monoisotopic (exact) mass is 249 g/mol. The summed E-state index contributed by atoms with van der Waals surface area (Å²) in [5, 5.41) is 12.5. The van der Waals surface area contributed by atoms with Crippen LogP contribution in [0.3, 0.4) is 0 Å². The number of ether oxygens (including phenoxy) is 1. The van der Waals surface area contributed by atoms with Crippen molar-refractivity contribution in [3.05, 3.63) is 62.3 Å². The van der Waals surface area contributed by atoms with E-state index in [1.54, 1.807) is 23.5 Å². The predicted molar refractivity (Wildman–Crippen MR) is 65.9 cm³/mol. The van der Waals surface area contributed by atoms with Gasteiger partial charge < -0.3 is 4.74 Å². The maximum atomic E-state index is 10.5. The van der Waals surface area contributed by atoms with E-state index in [1.165, 1.54) is 17.0 Å². The third kappa shape index (κ3) is 3.37. The third-order valence-electron chi connectivity index (χ3n) is 2.24. The smallest absolute Gasteiger partial charge is 0.269 e. The van der Waals surface area contributed by atoms with Crippen LogP contribution in [0.1, 0.15) is 10.4 Å². The first kappa shape index (κ1) is 11.8. The molecule has 1 aromatic heterocycles. The van der Waals surface area contributed by atoms with Gasteiger partial charge in [0, 0.05) is 17.0 Å². The Morgan fingerprint density at radius 1 is 1.18 bits per heavy atom. The topological polar surface area (TPSA) is 52.4 Å². The zero-order valence-corrected chi connectivity index (χ0v) is 9.85. The van der Waals surface area contributed by atoms with Crippen molar-refractivity contribution in [1.82, 2.24) is 0 Å². The number of nitro groups is 1. The van der Waals surface area contributed by atoms with E-state index in [-0.39, 0.29) is 5.69 Å². The van der Waals surface area contributed by atoms with Crippen LogP contribution in [0.4, 0.5) is 5.69 Å². The van der Waals surface area contributed by atoms with E-state index < -0.39 is 4.92 Å². The number of nitrogens with zero attached hydrogens (tertiary/aromatic N) is 1. The standard InChI is InChI=1S/C12H11NO3S/c14-13(15)11-5-3-10(4-6-11)8-16-9-12-2-1-7-17-12/h1-7H,8-9H2. The Labute approximate surface area is 103 Å². The van der Waals surface area contributed by atoms with E-state index in [4.69, 9.17) is 4.74 Å². The van der Waals surface area contributed by atoms with Crippen molar-refractivity contribution in [2.75, 3.05) is 0 Å². The van der Waals surface area contributed by atoms with Crippen molar-refractivity contribution in [1.29, 1.82) is 0 Å². The average molecular weight is 249 g/mol. The molecule has 0 spiro atoms. The van der Waals surface area contributed by atoms with Crippen LogP contribution >= 0.6 is 11.3 Å². The third-order valence-corrected chi connectivity index (χ3v) is 3.09. The van der Waals surface area contributed by atoms with Gasteiger partial charge in [-0.3, -0.25) is 10.1 Å². The van der Waals surface area contributed by atoms with Gasteiger partial charge in [0.25, 0.3) is 5.69 Å². The molecule has 0 bridgehead atoms. The zero-order valence-electron chi connectivity index (χ0n) is 9.04. The summed E-state index contributed by atoms with van der Waals surface area (Å²) in [7, 11) is 0. The second kappa shape index (κ2) is 5.56. The summed E-state index contributed by atoms with van der Waals surface area (Å²) in [6.45, 7) is 1.05. The molecule has 88 valence electrons. The highest BCUT2D eigenvalue weighted by Gasteiger charge is 2.03. The molecule has 2 rings (SSSR count). The lowest BCUT2D eigenvalue weighted by atomic mass is 10.2. The van der Waals surface area contributed by atoms with Crippen LogP contribution in [0, 0.1) is 10.1 Å². The average Bonchev–Trinajstić information content (AvgIpc) is 2.83. The highest BCUT2D eigenvalue weighted by atomic mass is 32.1. The lowest BCUT2D eigenvalue weighted by Gasteiger charge is -2.02. The molecular formula is C12H11NO3S. The van der Waals surface area contributed by atoms with Crippen LogP contribution < -0.4 is 0 Å². The predicted octanol–water partition coefficient (Wildman–Crippen LogP) is 3.37. The molecule has 0 aliphatic heterocycles. The molecule has 0 amide bonds. The Morgan fingerprint density at radius 3 is 2.53 bits per heavy atom. The number of hydrogen-bond donors (Lipinski definition) is 0. The van der Waals surface area contributed by atoms with Crippen molar-refractivity contribution >= 4 is 17.0 Å². The van der Waals surface area contributed by atoms with Gasteiger partial charge in [0.1, 0.15) is 0 Å². The molecule has 1 aromatic carbocycles. The molecule has 0 atom stereocenters. The number of benzene rings is 1. The molecule has 0 radical (unpaired) electrons. The Bertz CT molecular complexity index is 479. The second-order valence-electron chi connectivity index (χ2n) is 3.50. The maximum absolute atomic E-state index is 10.5. The van der Waals surface area contributed by atoms with E-state index in [0.29, 0.717) is 13.2 Å². The fourth-order valence-corrected chi connectivity index (χ4v) is 2.02. The van der Waals surface area contributed by atoms with Crippen molar-refractivity contribution in [2.24, 2.45) is 0 Å². The van der Waals surface area contributed by atoms with Gasteiger partial charge in [0.05, 0.1) is 18.1 Å². The van der Waals surface area contributed by atoms with Gasteiger partial charge in [-0.25, -0.2) is 0 Å². The summed E-state index contributed by atoms with van der Waals surface area (Å²) in [6, 6.07) is 10.4. The lowest BCUT2D eigenvalue weighted by molar-refractivity contribution is -0.384. The molecule has 0 aliphatic carbocycles. The molecule has 4 nitrogen and oxygen atoms in total. The minimum atomic E-state index is -0.406. The second-order valence-corrected chi connectivity index (χ2v) is 4.53. The van der Waals surface area contributed by atoms with E-state index in [1.807, 2.05) is 17.5 Å². The van der Waals surface area contributed by atoms with Gasteiger partial charge >= 0.3 is 0 Å². The number of thiophene rings is 1. The fraction of sp³-hybridized carbons (Fsp3) is 0.167. The van der Waals surface area contributed by atoms with Gasteiger partial charge in [-0.1, -0.05) is 6.07 Å². The SMILES string of the molecule is O=[N+]([O-])c1ccc(COCc2cccs2)cc1. The molecular weight excluding hydrogens is 238 g/mol. The Morgan fingerprint density at radius 2 is 1.94 bits per heavy atom. The van der Waals surface area contributed by atoms with Crippen LogP contribution in [0.2, 0.25) is 0 Å². The van der Waals surface area contributed by atoms with Crippen LogP contribution in [0.5, 0.6) is 0 Å². The Balaban J connectivity index is 1.85. The van der Waals surface area contributed by atoms with Crippen molar-refractivity contribution in [3.8, 4) is 0 Å². The molecule has 0 fully saturated rings. The first-order valence-electron chi connectivity index (χ1n) is 5.09. The van der Waals surface area contributed by atoms with Crippen LogP contribution in [0.15, 0.2) is 41.8 Å². The molecule has 0 saturated carbocycles. The largest absolute Gasteiger partial charge is 0.371 e. The Kier molecular flexibility index (Phi) is 3.85. The summed E-state index contributed by atoms with van der Waals surface area (Å²) < 4.78 is 5.50. The summed E-state index contributed by atoms with van der Waals surface area (Å²) in [5.74, 6) is 0. The maximum Gasteiger partial charge on any atom is 0.269 e. The van der Waals surface area contributed by atoms with Gasteiger partial charge in [-0.2, -0.15) is 0 Å². The van der Waals surface area contributed by atoms with E-state index in [2.05, 4.69) is 0 Å². The van der Waals surface area contributed by atoms with Gasteiger partial charge in [-0.15, -0.1) is 11.3 Å². The Hall–Kier alpha value is -1.72. The van der Waals surface area contributed by atoms with E-state index >= 15 is 0 Å². The minimum absolute atomic E-state index is 0.104. The number of non-ortho nitro benzene ring substituents is 1. The highest BCUT2D eigenvalue weighted by Crippen LogP contribution is 2.14. The molecule has 0 saturated heterocycles. The zero-order chi connectivity index (χ0) is 12.1. The number of nitro benzene ring substituents is 1. The summed E-state index contributed by atoms with van der Waals surface area (Å²) in [4.78, 5) is 11.2. The summed E-state index contributed by atoms with van der Waals surface area (Å²) in [5.41, 5.74) is 1.04. The first-order chi connectivity index (χ1) is 8.25. The normalized spacial score (nSPS) is 10.4. The van der Waals surface area contributed by atoms with E-state index in [9.17, 15) is 10.1 Å². The molecule has 1 heterocycles. The fourth-order valence-electron chi connectivity index (χ4n) is 1.38. The number of rotatable bonds is 5. The molecule has 0 N–H and O–H groups in total. The van der Waals surface area contributed by atoms with Gasteiger partial charge in [0.15, 0.2) is 0 Å². The molecule has 0 aliphatic rings. The van der Waals surface area contributed by atoms with Crippen LogP contribution in [0.25, 0.3) is 0 Å². The van der Waals surface area contributed by atoms with Crippen molar-refractivity contribution < 1.29 is 9.66 Å². The quantitative estimate of drug-likeness (QED) is 0.603. The summed E-state index contributed by atoms with van der Waals surface area (Å²) in [6.07, 6.45) is 0.